The Morgan fingerprint density at radius 1 is 1.08 bits per heavy atom. The maximum atomic E-state index is 14.5. The minimum Gasteiger partial charge on any atom is -0.351 e. The van der Waals surface area contributed by atoms with E-state index < -0.39 is 11.9 Å². The zero-order valence-electron chi connectivity index (χ0n) is 23.2. The summed E-state index contributed by atoms with van der Waals surface area (Å²) in [7, 11) is 0. The van der Waals surface area contributed by atoms with Crippen LogP contribution in [0.25, 0.3) is 0 Å². The number of carbonyl (C=O) groups is 2. The van der Waals surface area contributed by atoms with E-state index in [1.165, 1.54) is 29.7 Å². The lowest BCUT2D eigenvalue weighted by Gasteiger charge is -2.37. The van der Waals surface area contributed by atoms with Crippen molar-refractivity contribution >= 4 is 17.5 Å². The summed E-state index contributed by atoms with van der Waals surface area (Å²) < 4.78 is 14.5. The predicted octanol–water partition coefficient (Wildman–Crippen LogP) is 5.95. The normalized spacial score (nSPS) is 20.8. The summed E-state index contributed by atoms with van der Waals surface area (Å²) in [5, 5.41) is 3.28. The van der Waals surface area contributed by atoms with E-state index in [4.69, 9.17) is 0 Å². The first-order valence-corrected chi connectivity index (χ1v) is 14.4. The number of amides is 2. The second kappa shape index (κ2) is 12.3. The molecule has 206 valence electrons. The van der Waals surface area contributed by atoms with Crippen molar-refractivity contribution in [3.8, 4) is 0 Å². The summed E-state index contributed by atoms with van der Waals surface area (Å²) in [6.07, 6.45) is 11.2. The van der Waals surface area contributed by atoms with Gasteiger partial charge in [-0.05, 0) is 79.0 Å². The molecule has 5 nitrogen and oxygen atoms in total. The molecule has 5 rings (SSSR count). The van der Waals surface area contributed by atoms with Crippen LogP contribution in [0.3, 0.4) is 0 Å². The van der Waals surface area contributed by atoms with Gasteiger partial charge in [-0.1, -0.05) is 68.7 Å². The summed E-state index contributed by atoms with van der Waals surface area (Å²) in [5.74, 6) is -0.446. The third kappa shape index (κ3) is 6.50. The van der Waals surface area contributed by atoms with Crippen LogP contribution in [0.5, 0.6) is 0 Å². The van der Waals surface area contributed by atoms with Gasteiger partial charge < -0.3 is 5.32 Å². The molecule has 0 bridgehead atoms. The lowest BCUT2D eigenvalue weighted by atomic mass is 9.86. The highest BCUT2D eigenvalue weighted by Gasteiger charge is 2.37. The van der Waals surface area contributed by atoms with E-state index in [1.54, 1.807) is 17.0 Å². The number of anilines is 1. The number of benzene rings is 2. The number of nitrogens with zero attached hydrogens (tertiary/aromatic N) is 2. The van der Waals surface area contributed by atoms with Crippen LogP contribution in [0.15, 0.2) is 71.8 Å². The molecule has 2 unspecified atom stereocenters. The van der Waals surface area contributed by atoms with Crippen LogP contribution in [-0.4, -0.2) is 41.9 Å². The van der Waals surface area contributed by atoms with Gasteiger partial charge in [-0.3, -0.25) is 19.4 Å². The molecule has 0 aromatic heterocycles. The Morgan fingerprint density at radius 3 is 2.59 bits per heavy atom. The first-order valence-electron chi connectivity index (χ1n) is 14.4. The van der Waals surface area contributed by atoms with Crippen LogP contribution >= 0.6 is 0 Å². The van der Waals surface area contributed by atoms with Crippen molar-refractivity contribution in [2.45, 2.75) is 77.4 Å². The van der Waals surface area contributed by atoms with Crippen molar-refractivity contribution in [3.63, 3.8) is 0 Å². The second-order valence-corrected chi connectivity index (χ2v) is 11.4. The number of fused-ring (bicyclic) bond motifs is 1. The average molecular weight is 530 g/mol. The Labute approximate surface area is 231 Å². The van der Waals surface area contributed by atoms with Crippen molar-refractivity contribution in [3.05, 3.63) is 88.8 Å². The van der Waals surface area contributed by atoms with Gasteiger partial charge in [0.2, 0.25) is 11.8 Å². The standard InChI is InChI=1S/C33H40FN3O2/c1-23-15-16-30(24(2)19-23)32(33(39)35-28-12-4-3-5-13-28)37(29-14-8-11-27(34)20-29)31(38)22-36-18-17-25-9-6-7-10-26(25)21-36/h6-11,14,16,19-20,23,28,32H,3-5,12-13,15,17-18,21-22H2,1-2H3,(H,35,39). The molecule has 1 aliphatic heterocycles. The van der Waals surface area contributed by atoms with Crippen molar-refractivity contribution < 1.29 is 14.0 Å². The largest absolute Gasteiger partial charge is 0.351 e. The Kier molecular flexibility index (Phi) is 8.61. The molecular formula is C33H40FN3O2. The van der Waals surface area contributed by atoms with Crippen LogP contribution in [0.2, 0.25) is 0 Å². The zero-order chi connectivity index (χ0) is 27.4. The van der Waals surface area contributed by atoms with Crippen LogP contribution in [-0.2, 0) is 22.6 Å². The van der Waals surface area contributed by atoms with Crippen LogP contribution in [0.1, 0.15) is 63.5 Å². The SMILES string of the molecule is CC1=CC(C)CC=C1C(C(=O)NC1CCCCC1)N(C(=O)CN1CCc2ccccc2C1)c1cccc(F)c1. The summed E-state index contributed by atoms with van der Waals surface area (Å²) in [6.45, 7) is 5.76. The fourth-order valence-electron chi connectivity index (χ4n) is 6.34. The van der Waals surface area contributed by atoms with E-state index in [9.17, 15) is 14.0 Å². The third-order valence-electron chi connectivity index (χ3n) is 8.38. The molecule has 0 saturated heterocycles. The molecule has 1 N–H and O–H groups in total. The number of carbonyl (C=O) groups excluding carboxylic acids is 2. The number of nitrogens with one attached hydrogen (secondary N) is 1. The molecule has 3 aliphatic rings. The van der Waals surface area contributed by atoms with E-state index in [-0.39, 0.29) is 24.4 Å². The third-order valence-corrected chi connectivity index (χ3v) is 8.38. The molecular weight excluding hydrogens is 489 g/mol. The van der Waals surface area contributed by atoms with E-state index in [0.29, 0.717) is 18.2 Å². The first-order chi connectivity index (χ1) is 18.9. The molecule has 2 atom stereocenters. The highest BCUT2D eigenvalue weighted by atomic mass is 19.1. The summed E-state index contributed by atoms with van der Waals surface area (Å²) in [5.41, 5.74) is 4.79. The Hall–Kier alpha value is -3.25. The summed E-state index contributed by atoms with van der Waals surface area (Å²) in [6, 6.07) is 13.7. The monoisotopic (exact) mass is 529 g/mol. The molecule has 1 saturated carbocycles. The maximum absolute atomic E-state index is 14.5. The fourth-order valence-corrected chi connectivity index (χ4v) is 6.34. The van der Waals surface area contributed by atoms with Crippen LogP contribution in [0, 0.1) is 11.7 Å². The molecule has 39 heavy (non-hydrogen) atoms. The molecule has 1 heterocycles. The Balaban J connectivity index is 1.49. The highest BCUT2D eigenvalue weighted by molar-refractivity contribution is 6.04. The topological polar surface area (TPSA) is 52.7 Å². The van der Waals surface area contributed by atoms with E-state index in [2.05, 4.69) is 47.5 Å². The minimum absolute atomic E-state index is 0.101. The summed E-state index contributed by atoms with van der Waals surface area (Å²) >= 11 is 0. The molecule has 2 aromatic rings. The van der Waals surface area contributed by atoms with Crippen LogP contribution < -0.4 is 10.2 Å². The summed E-state index contributed by atoms with van der Waals surface area (Å²) in [4.78, 5) is 32.0. The van der Waals surface area contributed by atoms with Crippen molar-refractivity contribution in [2.75, 3.05) is 18.0 Å². The molecule has 2 aromatic carbocycles. The molecule has 6 heteroatoms. The minimum atomic E-state index is -0.859. The van der Waals surface area contributed by atoms with Gasteiger partial charge in [-0.2, -0.15) is 0 Å². The molecule has 2 amide bonds. The lowest BCUT2D eigenvalue weighted by Crippen LogP contribution is -2.55. The van der Waals surface area contributed by atoms with Crippen molar-refractivity contribution in [1.82, 2.24) is 10.2 Å². The second-order valence-electron chi connectivity index (χ2n) is 11.4. The predicted molar refractivity (Wildman–Crippen MR) is 154 cm³/mol. The molecule has 2 aliphatic carbocycles. The van der Waals surface area contributed by atoms with Gasteiger partial charge >= 0.3 is 0 Å². The van der Waals surface area contributed by atoms with E-state index >= 15 is 0 Å². The number of hydrogen-bond acceptors (Lipinski definition) is 3. The number of rotatable bonds is 7. The van der Waals surface area contributed by atoms with E-state index in [1.807, 2.05) is 13.0 Å². The van der Waals surface area contributed by atoms with Gasteiger partial charge in [0.25, 0.3) is 0 Å². The molecule has 0 radical (unpaired) electrons. The highest BCUT2D eigenvalue weighted by Crippen LogP contribution is 2.32. The molecule has 1 fully saturated rings. The van der Waals surface area contributed by atoms with Crippen molar-refractivity contribution in [2.24, 2.45) is 5.92 Å². The Morgan fingerprint density at radius 2 is 1.85 bits per heavy atom. The molecule has 0 spiro atoms. The van der Waals surface area contributed by atoms with Crippen molar-refractivity contribution in [1.29, 1.82) is 0 Å². The van der Waals surface area contributed by atoms with Crippen LogP contribution in [0.4, 0.5) is 10.1 Å². The number of allylic oxidation sites excluding steroid dienone is 2. The van der Waals surface area contributed by atoms with Gasteiger partial charge in [-0.15, -0.1) is 0 Å². The average Bonchev–Trinajstić information content (AvgIpc) is 2.92. The zero-order valence-corrected chi connectivity index (χ0v) is 23.2. The lowest BCUT2D eigenvalue weighted by molar-refractivity contribution is -0.126. The van der Waals surface area contributed by atoms with Gasteiger partial charge in [0.1, 0.15) is 11.9 Å². The first kappa shape index (κ1) is 27.3. The van der Waals surface area contributed by atoms with Gasteiger partial charge in [0, 0.05) is 24.8 Å². The Bertz CT molecular complexity index is 1260. The fraction of sp³-hybridized carbons (Fsp3) is 0.455. The quantitative estimate of drug-likeness (QED) is 0.483. The maximum Gasteiger partial charge on any atom is 0.248 e. The number of halogens is 1. The van der Waals surface area contributed by atoms with E-state index in [0.717, 1.165) is 56.2 Å². The smallest absolute Gasteiger partial charge is 0.248 e. The van der Waals surface area contributed by atoms with Gasteiger partial charge in [0.15, 0.2) is 0 Å². The van der Waals surface area contributed by atoms with Gasteiger partial charge in [-0.25, -0.2) is 4.39 Å². The number of hydrogen-bond donors (Lipinski definition) is 1. The van der Waals surface area contributed by atoms with Gasteiger partial charge in [0.05, 0.1) is 6.54 Å².